The normalized spacial score (nSPS) is 22.8. The summed E-state index contributed by atoms with van der Waals surface area (Å²) >= 11 is 0. The maximum Gasteiger partial charge on any atom is 0.416 e. The smallest absolute Gasteiger partial charge is 0.416 e. The Morgan fingerprint density at radius 3 is 2.56 bits per heavy atom. The van der Waals surface area contributed by atoms with Gasteiger partial charge in [-0.2, -0.15) is 0 Å². The Morgan fingerprint density at radius 2 is 1.94 bits per heavy atom. The first kappa shape index (κ1) is 12.4. The van der Waals surface area contributed by atoms with Gasteiger partial charge in [-0.15, -0.1) is 0 Å². The minimum absolute atomic E-state index is 0.0252. The van der Waals surface area contributed by atoms with E-state index in [1.165, 1.54) is 0 Å². The van der Waals surface area contributed by atoms with Gasteiger partial charge in [0.2, 0.25) is 0 Å². The minimum atomic E-state index is -1.14. The van der Waals surface area contributed by atoms with Gasteiger partial charge in [0, 0.05) is 6.42 Å². The molecule has 1 fully saturated rings. The molecule has 18 heavy (non-hydrogen) atoms. The molecule has 2 rings (SSSR count). The highest BCUT2D eigenvalue weighted by Gasteiger charge is 2.40. The van der Waals surface area contributed by atoms with E-state index >= 15 is 0 Å². The molecule has 0 aliphatic carbocycles. The van der Waals surface area contributed by atoms with Gasteiger partial charge in [0.15, 0.2) is 0 Å². The summed E-state index contributed by atoms with van der Waals surface area (Å²) in [6, 6.07) is 7.35. The number of amides is 1. The molecule has 1 aromatic carbocycles. The predicted molar refractivity (Wildman–Crippen MR) is 61.2 cm³/mol. The van der Waals surface area contributed by atoms with Gasteiger partial charge < -0.3 is 14.9 Å². The van der Waals surface area contributed by atoms with Crippen molar-refractivity contribution in [1.82, 2.24) is 4.90 Å². The molecule has 1 aromatic rings. The summed E-state index contributed by atoms with van der Waals surface area (Å²) in [6.07, 6.45) is -1.56. The number of carboxylic acids is 1. The van der Waals surface area contributed by atoms with E-state index in [9.17, 15) is 14.7 Å². The van der Waals surface area contributed by atoms with Crippen molar-refractivity contribution in [3.8, 4) is 5.75 Å². The standard InChI is InChI=1S/C12H13NO5/c14-8-6-10(11(15)16)13(7-8)12(17)18-9-4-2-1-3-5-9/h1-5,8,10,14H,6-7H2,(H,15,16)/t8-,10+/m0/s1. The number of hydrogen-bond donors (Lipinski definition) is 2. The molecule has 2 atom stereocenters. The summed E-state index contributed by atoms with van der Waals surface area (Å²) in [4.78, 5) is 23.8. The second-order valence-electron chi connectivity index (χ2n) is 4.08. The van der Waals surface area contributed by atoms with Crippen LogP contribution in [0.4, 0.5) is 4.79 Å². The van der Waals surface area contributed by atoms with Gasteiger partial charge in [-0.3, -0.25) is 4.90 Å². The molecule has 0 aromatic heterocycles. The van der Waals surface area contributed by atoms with Crippen molar-refractivity contribution in [3.05, 3.63) is 30.3 Å². The Labute approximate surface area is 103 Å². The first-order valence-electron chi connectivity index (χ1n) is 5.52. The molecule has 6 heteroatoms. The maximum atomic E-state index is 11.8. The summed E-state index contributed by atoms with van der Waals surface area (Å²) in [5.41, 5.74) is 0. The monoisotopic (exact) mass is 251 g/mol. The van der Waals surface area contributed by atoms with Gasteiger partial charge in [-0.05, 0) is 12.1 Å². The number of ether oxygens (including phenoxy) is 1. The largest absolute Gasteiger partial charge is 0.480 e. The Bertz CT molecular complexity index is 447. The van der Waals surface area contributed by atoms with Crippen molar-refractivity contribution >= 4 is 12.1 Å². The highest BCUT2D eigenvalue weighted by molar-refractivity contribution is 5.81. The summed E-state index contributed by atoms with van der Waals surface area (Å²) in [7, 11) is 0. The third-order valence-corrected chi connectivity index (χ3v) is 2.75. The van der Waals surface area contributed by atoms with E-state index in [-0.39, 0.29) is 13.0 Å². The fourth-order valence-electron chi connectivity index (χ4n) is 1.90. The number of carbonyl (C=O) groups excluding carboxylic acids is 1. The van der Waals surface area contributed by atoms with E-state index in [1.54, 1.807) is 30.3 Å². The molecule has 0 unspecified atom stereocenters. The zero-order valence-electron chi connectivity index (χ0n) is 9.52. The van der Waals surface area contributed by atoms with E-state index in [1.807, 2.05) is 0 Å². The average Bonchev–Trinajstić information content (AvgIpc) is 2.73. The Hall–Kier alpha value is -2.08. The molecule has 1 aliphatic heterocycles. The van der Waals surface area contributed by atoms with Crippen molar-refractivity contribution in [3.63, 3.8) is 0 Å². The molecule has 0 radical (unpaired) electrons. The Morgan fingerprint density at radius 1 is 1.28 bits per heavy atom. The lowest BCUT2D eigenvalue weighted by molar-refractivity contribution is -0.141. The number of aliphatic hydroxyl groups excluding tert-OH is 1. The van der Waals surface area contributed by atoms with E-state index in [0.29, 0.717) is 5.75 Å². The molecular formula is C12H13NO5. The number of β-amino-alcohol motifs (C(OH)–C–C–N with tert-alkyl or cyclic N) is 1. The summed E-state index contributed by atoms with van der Waals surface area (Å²) in [6.45, 7) is -0.0252. The first-order chi connectivity index (χ1) is 8.58. The van der Waals surface area contributed by atoms with E-state index in [4.69, 9.17) is 9.84 Å². The van der Waals surface area contributed by atoms with E-state index < -0.39 is 24.2 Å². The van der Waals surface area contributed by atoms with Crippen LogP contribution in [0.5, 0.6) is 5.75 Å². The lowest BCUT2D eigenvalue weighted by Gasteiger charge is -2.20. The minimum Gasteiger partial charge on any atom is -0.480 e. The summed E-state index contributed by atoms with van der Waals surface area (Å²) < 4.78 is 5.04. The molecule has 96 valence electrons. The molecule has 0 bridgehead atoms. The van der Waals surface area contributed by atoms with Crippen molar-refractivity contribution in [2.75, 3.05) is 6.54 Å². The number of aliphatic hydroxyl groups is 1. The highest BCUT2D eigenvalue weighted by Crippen LogP contribution is 2.20. The van der Waals surface area contributed by atoms with Crippen LogP contribution in [0.1, 0.15) is 6.42 Å². The number of hydrogen-bond acceptors (Lipinski definition) is 4. The van der Waals surface area contributed by atoms with Crippen LogP contribution in [0, 0.1) is 0 Å². The topological polar surface area (TPSA) is 87.1 Å². The zero-order valence-corrected chi connectivity index (χ0v) is 9.52. The third kappa shape index (κ3) is 2.60. The molecule has 2 N–H and O–H groups in total. The van der Waals surface area contributed by atoms with E-state index in [2.05, 4.69) is 0 Å². The van der Waals surface area contributed by atoms with Gasteiger partial charge >= 0.3 is 12.1 Å². The summed E-state index contributed by atoms with van der Waals surface area (Å²) in [5, 5.41) is 18.4. The van der Waals surface area contributed by atoms with Gasteiger partial charge in [-0.25, -0.2) is 9.59 Å². The zero-order chi connectivity index (χ0) is 13.1. The quantitative estimate of drug-likeness (QED) is 0.808. The van der Waals surface area contributed by atoms with Crippen LogP contribution in [0.3, 0.4) is 0 Å². The molecule has 1 saturated heterocycles. The van der Waals surface area contributed by atoms with Gasteiger partial charge in [0.05, 0.1) is 12.6 Å². The van der Waals surface area contributed by atoms with Gasteiger partial charge in [0.1, 0.15) is 11.8 Å². The fourth-order valence-corrected chi connectivity index (χ4v) is 1.90. The van der Waals surface area contributed by atoms with Gasteiger partial charge in [-0.1, -0.05) is 18.2 Å². The lowest BCUT2D eigenvalue weighted by Crippen LogP contribution is -2.42. The average molecular weight is 251 g/mol. The van der Waals surface area contributed by atoms with Crippen molar-refractivity contribution in [2.45, 2.75) is 18.6 Å². The second-order valence-corrected chi connectivity index (χ2v) is 4.08. The number of aliphatic carboxylic acids is 1. The molecule has 0 spiro atoms. The molecule has 1 heterocycles. The molecule has 0 saturated carbocycles. The number of rotatable bonds is 2. The number of para-hydroxylation sites is 1. The van der Waals surface area contributed by atoms with Crippen LogP contribution in [-0.2, 0) is 4.79 Å². The molecular weight excluding hydrogens is 238 g/mol. The van der Waals surface area contributed by atoms with Crippen molar-refractivity contribution in [1.29, 1.82) is 0 Å². The van der Waals surface area contributed by atoms with Crippen LogP contribution in [0.15, 0.2) is 30.3 Å². The van der Waals surface area contributed by atoms with Crippen LogP contribution in [-0.4, -0.2) is 45.9 Å². The van der Waals surface area contributed by atoms with Crippen LogP contribution in [0.25, 0.3) is 0 Å². The Kier molecular flexibility index (Phi) is 3.47. The molecule has 1 amide bonds. The van der Waals surface area contributed by atoms with Crippen LogP contribution < -0.4 is 4.74 Å². The van der Waals surface area contributed by atoms with Crippen molar-refractivity contribution < 1.29 is 24.5 Å². The number of likely N-dealkylation sites (tertiary alicyclic amines) is 1. The lowest BCUT2D eigenvalue weighted by atomic mass is 10.2. The maximum absolute atomic E-state index is 11.8. The molecule has 6 nitrogen and oxygen atoms in total. The number of benzene rings is 1. The number of carboxylic acid groups (broad SMARTS) is 1. The fraction of sp³-hybridized carbons (Fsp3) is 0.333. The highest BCUT2D eigenvalue weighted by atomic mass is 16.6. The van der Waals surface area contributed by atoms with E-state index in [0.717, 1.165) is 4.90 Å². The predicted octanol–water partition coefficient (Wildman–Crippen LogP) is 0.705. The van der Waals surface area contributed by atoms with Crippen molar-refractivity contribution in [2.24, 2.45) is 0 Å². The third-order valence-electron chi connectivity index (χ3n) is 2.75. The first-order valence-corrected chi connectivity index (χ1v) is 5.52. The second kappa shape index (κ2) is 5.05. The summed E-state index contributed by atoms with van der Waals surface area (Å²) in [5.74, 6) is -0.801. The van der Waals surface area contributed by atoms with Crippen LogP contribution >= 0.6 is 0 Å². The number of nitrogens with zero attached hydrogens (tertiary/aromatic N) is 1. The molecule has 1 aliphatic rings. The van der Waals surface area contributed by atoms with Crippen LogP contribution in [0.2, 0.25) is 0 Å². The number of carbonyl (C=O) groups is 2. The van der Waals surface area contributed by atoms with Gasteiger partial charge in [0.25, 0.3) is 0 Å². The Balaban J connectivity index is 2.06. The SMILES string of the molecule is O=C(O)[C@H]1C[C@H](O)CN1C(=O)Oc1ccccc1.